The Morgan fingerprint density at radius 2 is 1.30 bits per heavy atom. The normalized spacial score (nSPS) is 14.9. The lowest BCUT2D eigenvalue weighted by Gasteiger charge is -2.32. The second kappa shape index (κ2) is 19.0. The number of rotatable bonds is 12. The Morgan fingerprint density at radius 3 is 1.77 bits per heavy atom. The average Bonchev–Trinajstić information content (AvgIpc) is 3.62. The molecule has 0 spiro atoms. The first-order chi connectivity index (χ1) is 29.1. The molecule has 2 aliphatic rings. The van der Waals surface area contributed by atoms with Crippen LogP contribution in [-0.2, 0) is 18.0 Å². The van der Waals surface area contributed by atoms with Crippen LogP contribution in [-0.4, -0.2) is 95.4 Å². The number of carbonyl (C=O) groups is 1. The molecule has 0 bridgehead atoms. The van der Waals surface area contributed by atoms with Gasteiger partial charge in [-0.05, 0) is 81.1 Å². The number of aromatic nitrogens is 6. The van der Waals surface area contributed by atoms with Gasteiger partial charge in [-0.1, -0.05) is 0 Å². The van der Waals surface area contributed by atoms with Crippen LogP contribution in [0.3, 0.4) is 0 Å². The van der Waals surface area contributed by atoms with Gasteiger partial charge in [0.25, 0.3) is 0 Å². The summed E-state index contributed by atoms with van der Waals surface area (Å²) in [7, 11) is 1.21. The molecule has 1 N–H and O–H groups in total. The van der Waals surface area contributed by atoms with Crippen molar-refractivity contribution in [3.8, 4) is 23.4 Å². The van der Waals surface area contributed by atoms with Crippen LogP contribution in [0.15, 0.2) is 67.3 Å². The van der Waals surface area contributed by atoms with E-state index in [0.717, 1.165) is 23.9 Å². The highest BCUT2D eigenvalue weighted by Gasteiger charge is 2.37. The number of nitro groups is 2. The largest absolute Gasteiger partial charge is 0.435 e. The van der Waals surface area contributed by atoms with Crippen molar-refractivity contribution in [2.75, 3.05) is 42.6 Å². The zero-order chi connectivity index (χ0) is 43.8. The highest BCUT2D eigenvalue weighted by molar-refractivity contribution is 6.09. The summed E-state index contributed by atoms with van der Waals surface area (Å²) in [5, 5.41) is 36.3. The predicted molar refractivity (Wildman–Crippen MR) is 206 cm³/mol. The molecule has 2 aromatic carbocycles. The molecule has 322 valence electrons. The Labute approximate surface area is 343 Å². The number of halogens is 4. The fourth-order valence-corrected chi connectivity index (χ4v) is 6.52. The number of anilines is 2. The Balaban J connectivity index is 0.000000210. The smallest absolute Gasteiger partial charge is 0.434 e. The van der Waals surface area contributed by atoms with Gasteiger partial charge in [0, 0.05) is 57.0 Å². The Kier molecular flexibility index (Phi) is 13.6. The van der Waals surface area contributed by atoms with E-state index < -0.39 is 45.2 Å². The molecule has 7 rings (SSSR count). The molecule has 5 aromatic rings. The minimum absolute atomic E-state index is 0.0184. The number of piperidine rings is 2. The van der Waals surface area contributed by atoms with Crippen molar-refractivity contribution < 1.29 is 51.5 Å². The molecule has 0 radical (unpaired) electrons. The maximum atomic E-state index is 13.1. The van der Waals surface area contributed by atoms with Crippen molar-refractivity contribution in [2.24, 2.45) is 7.05 Å². The molecule has 0 saturated carbocycles. The lowest BCUT2D eigenvalue weighted by molar-refractivity contribution is -0.385. The summed E-state index contributed by atoms with van der Waals surface area (Å²) in [6.45, 7) is 4.39. The molecule has 19 nitrogen and oxygen atoms in total. The minimum atomic E-state index is -4.68. The standard InChI is InChI=1S/C24H23FN4O5.C14H15F3N6O4/c1-2-33-19-11-13-28(14-12-19)23-21(29(31)32)24(27-15-26-23)34-20-9-5-17(6-10-20)22(30)16-3-7-18(25)8-4-16;1-21-10(6-9(20-21)14(15,16)17)27-13-11(23(25)26)12(18-7-19-13)22-4-2-8(24)3-5-22/h3-10,15,19H,2,11-14H2,1H3;6-8,24H,2-5H2,1H3. The van der Waals surface area contributed by atoms with Crippen LogP contribution in [0.25, 0.3) is 0 Å². The topological polar surface area (TPSA) is 227 Å². The van der Waals surface area contributed by atoms with Crippen molar-refractivity contribution in [3.05, 3.63) is 110 Å². The van der Waals surface area contributed by atoms with Crippen LogP contribution < -0.4 is 19.3 Å². The molecule has 2 saturated heterocycles. The molecule has 0 unspecified atom stereocenters. The van der Waals surface area contributed by atoms with Crippen molar-refractivity contribution in [3.63, 3.8) is 0 Å². The third kappa shape index (κ3) is 10.7. The van der Waals surface area contributed by atoms with Gasteiger partial charge in [0.2, 0.25) is 17.5 Å². The first-order valence-electron chi connectivity index (χ1n) is 18.8. The van der Waals surface area contributed by atoms with E-state index >= 15 is 0 Å². The monoisotopic (exact) mass is 854 g/mol. The molecule has 0 atom stereocenters. The summed E-state index contributed by atoms with van der Waals surface area (Å²) in [6, 6.07) is 12.0. The molecular weight excluding hydrogens is 816 g/mol. The van der Waals surface area contributed by atoms with Crippen molar-refractivity contribution in [1.29, 1.82) is 0 Å². The van der Waals surface area contributed by atoms with Crippen LogP contribution >= 0.6 is 0 Å². The lowest BCUT2D eigenvalue weighted by Crippen LogP contribution is -2.37. The van der Waals surface area contributed by atoms with Crippen LogP contribution in [0.1, 0.15) is 54.2 Å². The molecule has 0 aliphatic carbocycles. The average molecular weight is 855 g/mol. The fraction of sp³-hybridized carbons (Fsp3) is 0.368. The van der Waals surface area contributed by atoms with Gasteiger partial charge in [-0.25, -0.2) is 19.0 Å². The Hall–Kier alpha value is -6.88. The number of alkyl halides is 3. The van der Waals surface area contributed by atoms with Gasteiger partial charge in [-0.15, -0.1) is 0 Å². The molecular formula is C38H38F4N10O9. The van der Waals surface area contributed by atoms with Crippen LogP contribution in [0.5, 0.6) is 23.4 Å². The number of hydrogen-bond donors (Lipinski definition) is 1. The molecule has 23 heteroatoms. The molecule has 61 heavy (non-hydrogen) atoms. The number of benzene rings is 2. The van der Waals surface area contributed by atoms with Gasteiger partial charge in [-0.3, -0.25) is 25.0 Å². The lowest BCUT2D eigenvalue weighted by atomic mass is 10.0. The minimum Gasteiger partial charge on any atom is -0.434 e. The zero-order valence-electron chi connectivity index (χ0n) is 32.6. The Bertz CT molecular complexity index is 2330. The summed E-state index contributed by atoms with van der Waals surface area (Å²) in [5.74, 6) is -1.28. The third-order valence-corrected chi connectivity index (χ3v) is 9.58. The van der Waals surface area contributed by atoms with Gasteiger partial charge >= 0.3 is 29.3 Å². The van der Waals surface area contributed by atoms with Gasteiger partial charge in [0.1, 0.15) is 24.2 Å². The quantitative estimate of drug-likeness (QED) is 0.0616. The van der Waals surface area contributed by atoms with E-state index in [4.69, 9.17) is 14.2 Å². The van der Waals surface area contributed by atoms with Crippen molar-refractivity contribution in [1.82, 2.24) is 29.7 Å². The summed E-state index contributed by atoms with van der Waals surface area (Å²) in [6.07, 6.45) is -0.466. The Morgan fingerprint density at radius 1 is 0.803 bits per heavy atom. The van der Waals surface area contributed by atoms with E-state index in [1.807, 2.05) is 11.8 Å². The number of aliphatic hydroxyl groups is 1. The van der Waals surface area contributed by atoms with Gasteiger partial charge in [0.15, 0.2) is 11.5 Å². The number of nitrogens with zero attached hydrogens (tertiary/aromatic N) is 10. The summed E-state index contributed by atoms with van der Waals surface area (Å²) >= 11 is 0. The third-order valence-electron chi connectivity index (χ3n) is 9.58. The second-order valence-electron chi connectivity index (χ2n) is 13.6. The summed E-state index contributed by atoms with van der Waals surface area (Å²) < 4.78 is 68.9. The molecule has 2 aliphatic heterocycles. The van der Waals surface area contributed by atoms with E-state index in [1.165, 1.54) is 61.9 Å². The number of hydrogen-bond acceptors (Lipinski definition) is 16. The molecule has 3 aromatic heterocycles. The highest BCUT2D eigenvalue weighted by Crippen LogP contribution is 2.39. The second-order valence-corrected chi connectivity index (χ2v) is 13.6. The van der Waals surface area contributed by atoms with Crippen LogP contribution in [0.2, 0.25) is 0 Å². The van der Waals surface area contributed by atoms with E-state index in [-0.39, 0.29) is 46.7 Å². The van der Waals surface area contributed by atoms with Crippen LogP contribution in [0, 0.1) is 26.0 Å². The number of ether oxygens (including phenoxy) is 3. The van der Waals surface area contributed by atoms with E-state index in [2.05, 4.69) is 25.0 Å². The SMILES string of the molecule is CCOC1CCN(c2ncnc(Oc3ccc(C(=O)c4ccc(F)cc4)cc3)c2[N+](=O)[O-])CC1.Cn1nc(C(F)(F)F)cc1Oc1ncnc(N2CCC(O)CC2)c1[N+](=O)[O-]. The van der Waals surface area contributed by atoms with Crippen molar-refractivity contribution in [2.45, 2.75) is 51.0 Å². The number of ketones is 1. The molecule has 2 fully saturated rings. The maximum absolute atomic E-state index is 13.1. The van der Waals surface area contributed by atoms with E-state index in [0.29, 0.717) is 62.8 Å². The predicted octanol–water partition coefficient (Wildman–Crippen LogP) is 6.44. The number of carbonyl (C=O) groups excluding carboxylic acids is 1. The first kappa shape index (κ1) is 43.7. The number of aryl methyl sites for hydroxylation is 1. The molecule has 0 amide bonds. The maximum Gasteiger partial charge on any atom is 0.435 e. The highest BCUT2D eigenvalue weighted by atomic mass is 19.4. The van der Waals surface area contributed by atoms with Crippen LogP contribution in [0.4, 0.5) is 40.6 Å². The van der Waals surface area contributed by atoms with E-state index in [1.54, 1.807) is 4.90 Å². The van der Waals surface area contributed by atoms with Gasteiger partial charge in [-0.2, -0.15) is 28.2 Å². The number of aliphatic hydroxyl groups excluding tert-OH is 1. The summed E-state index contributed by atoms with van der Waals surface area (Å²) in [4.78, 5) is 53.9. The summed E-state index contributed by atoms with van der Waals surface area (Å²) in [5.41, 5.74) is -1.36. The van der Waals surface area contributed by atoms with Gasteiger partial charge in [0.05, 0.1) is 22.1 Å². The van der Waals surface area contributed by atoms with E-state index in [9.17, 15) is 47.7 Å². The molecule has 5 heterocycles. The van der Waals surface area contributed by atoms with Crippen molar-refractivity contribution >= 4 is 28.8 Å². The van der Waals surface area contributed by atoms with Gasteiger partial charge < -0.3 is 29.1 Å². The fourth-order valence-electron chi connectivity index (χ4n) is 6.52. The first-order valence-corrected chi connectivity index (χ1v) is 18.8. The zero-order valence-corrected chi connectivity index (χ0v) is 32.6.